The average molecular weight is 302 g/mol. The highest BCUT2D eigenvalue weighted by molar-refractivity contribution is 7.85. The summed E-state index contributed by atoms with van der Waals surface area (Å²) in [6.07, 6.45) is 2.76. The van der Waals surface area contributed by atoms with Gasteiger partial charge < -0.3 is 14.9 Å². The van der Waals surface area contributed by atoms with Gasteiger partial charge in [0.05, 0.1) is 0 Å². The molecule has 0 radical (unpaired) electrons. The van der Waals surface area contributed by atoms with Crippen LogP contribution >= 0.6 is 0 Å². The number of carbonyl (C=O) groups excluding carboxylic acids is 1. The van der Waals surface area contributed by atoms with Crippen LogP contribution < -0.4 is 0 Å². The van der Waals surface area contributed by atoms with Gasteiger partial charge in [-0.25, -0.2) is 4.79 Å². The Morgan fingerprint density at radius 3 is 2.50 bits per heavy atom. The molecule has 2 amide bonds. The molecule has 1 atom stereocenters. The Hall–Kier alpha value is -1.11. The van der Waals surface area contributed by atoms with Gasteiger partial charge in [0.15, 0.2) is 0 Å². The molecule has 0 aromatic rings. The van der Waals surface area contributed by atoms with Gasteiger partial charge in [-0.1, -0.05) is 0 Å². The Balaban J connectivity index is 1.83. The maximum atomic E-state index is 12.4. The number of urea groups is 1. The number of hydrogen-bond donors (Lipinski definition) is 1. The van der Waals surface area contributed by atoms with Gasteiger partial charge in [-0.15, -0.1) is 0 Å². The fraction of sp³-hybridized carbons (Fsp3) is 0.846. The quantitative estimate of drug-likeness (QED) is 0.834. The van der Waals surface area contributed by atoms with Crippen molar-refractivity contribution in [2.24, 2.45) is 5.92 Å². The van der Waals surface area contributed by atoms with E-state index in [9.17, 15) is 13.8 Å². The standard InChI is InChI=1S/C13H22N2O4S/c16-12(17)4-3-11-2-1-5-15(10-11)13(18)14-6-8-20(19)9-7-14/h11H,1-10H2,(H,16,17). The number of likely N-dealkylation sites (tertiary alicyclic amines) is 1. The molecule has 1 unspecified atom stereocenters. The van der Waals surface area contributed by atoms with Crippen molar-refractivity contribution < 1.29 is 18.9 Å². The van der Waals surface area contributed by atoms with Gasteiger partial charge in [0, 0.05) is 54.9 Å². The first kappa shape index (κ1) is 15.3. The van der Waals surface area contributed by atoms with Gasteiger partial charge in [-0.05, 0) is 25.2 Å². The fourth-order valence-electron chi connectivity index (χ4n) is 2.83. The van der Waals surface area contributed by atoms with E-state index in [1.807, 2.05) is 4.90 Å². The lowest BCUT2D eigenvalue weighted by Gasteiger charge is -2.37. The summed E-state index contributed by atoms with van der Waals surface area (Å²) in [4.78, 5) is 26.6. The van der Waals surface area contributed by atoms with E-state index in [0.29, 0.717) is 43.5 Å². The van der Waals surface area contributed by atoms with Crippen LogP contribution in [0, 0.1) is 5.92 Å². The highest BCUT2D eigenvalue weighted by Crippen LogP contribution is 2.22. The second-order valence-electron chi connectivity index (χ2n) is 5.50. The predicted molar refractivity (Wildman–Crippen MR) is 76.0 cm³/mol. The molecule has 2 aliphatic rings. The molecule has 0 aromatic heterocycles. The van der Waals surface area contributed by atoms with Crippen LogP contribution in [-0.2, 0) is 15.6 Å². The summed E-state index contributed by atoms with van der Waals surface area (Å²) < 4.78 is 11.3. The summed E-state index contributed by atoms with van der Waals surface area (Å²) >= 11 is 0. The monoisotopic (exact) mass is 302 g/mol. The maximum Gasteiger partial charge on any atom is 0.320 e. The van der Waals surface area contributed by atoms with Gasteiger partial charge in [0.25, 0.3) is 0 Å². The number of piperidine rings is 1. The van der Waals surface area contributed by atoms with Gasteiger partial charge in [-0.3, -0.25) is 9.00 Å². The van der Waals surface area contributed by atoms with Crippen LogP contribution in [0.15, 0.2) is 0 Å². The molecule has 7 heteroatoms. The Labute approximate surface area is 121 Å². The summed E-state index contributed by atoms with van der Waals surface area (Å²) in [7, 11) is -0.775. The fourth-order valence-corrected chi connectivity index (χ4v) is 3.88. The SMILES string of the molecule is O=C(O)CCC1CCCN(C(=O)N2CCS(=O)CC2)C1. The van der Waals surface area contributed by atoms with E-state index in [0.717, 1.165) is 19.4 Å². The molecule has 2 rings (SSSR count). The minimum absolute atomic E-state index is 0.0294. The molecule has 0 saturated carbocycles. The van der Waals surface area contributed by atoms with Crippen LogP contribution in [0.25, 0.3) is 0 Å². The molecule has 2 fully saturated rings. The van der Waals surface area contributed by atoms with Crippen molar-refractivity contribution in [3.63, 3.8) is 0 Å². The zero-order valence-corrected chi connectivity index (χ0v) is 12.4. The molecular weight excluding hydrogens is 280 g/mol. The van der Waals surface area contributed by atoms with Crippen LogP contribution in [0.3, 0.4) is 0 Å². The largest absolute Gasteiger partial charge is 0.481 e. The highest BCUT2D eigenvalue weighted by atomic mass is 32.2. The first-order valence-corrected chi connectivity index (χ1v) is 8.65. The number of amides is 2. The third kappa shape index (κ3) is 4.19. The molecule has 2 saturated heterocycles. The van der Waals surface area contributed by atoms with Gasteiger partial charge in [0.1, 0.15) is 0 Å². The van der Waals surface area contributed by atoms with Gasteiger partial charge >= 0.3 is 12.0 Å². The summed E-state index contributed by atoms with van der Waals surface area (Å²) in [6.45, 7) is 2.55. The van der Waals surface area contributed by atoms with Crippen molar-refractivity contribution in [2.75, 3.05) is 37.7 Å². The molecule has 20 heavy (non-hydrogen) atoms. The van der Waals surface area contributed by atoms with Crippen molar-refractivity contribution in [3.8, 4) is 0 Å². The first-order valence-electron chi connectivity index (χ1n) is 7.17. The van der Waals surface area contributed by atoms with E-state index in [2.05, 4.69) is 0 Å². The third-order valence-corrected chi connectivity index (χ3v) is 5.28. The Kier molecular flexibility index (Phi) is 5.39. The van der Waals surface area contributed by atoms with E-state index in [-0.39, 0.29) is 12.5 Å². The molecule has 2 aliphatic heterocycles. The minimum atomic E-state index is -0.775. The van der Waals surface area contributed by atoms with Gasteiger partial charge in [0.2, 0.25) is 0 Å². The molecule has 114 valence electrons. The number of hydrogen-bond acceptors (Lipinski definition) is 3. The second-order valence-corrected chi connectivity index (χ2v) is 7.20. The van der Waals surface area contributed by atoms with Crippen molar-refractivity contribution in [2.45, 2.75) is 25.7 Å². The second kappa shape index (κ2) is 7.06. The van der Waals surface area contributed by atoms with Crippen molar-refractivity contribution in [1.29, 1.82) is 0 Å². The van der Waals surface area contributed by atoms with Crippen LogP contribution in [0.1, 0.15) is 25.7 Å². The minimum Gasteiger partial charge on any atom is -0.481 e. The molecule has 0 spiro atoms. The molecule has 2 heterocycles. The van der Waals surface area contributed by atoms with Crippen LogP contribution in [0.4, 0.5) is 4.79 Å². The molecule has 6 nitrogen and oxygen atoms in total. The molecule has 0 aromatic carbocycles. The number of aliphatic carboxylic acids is 1. The smallest absolute Gasteiger partial charge is 0.320 e. The van der Waals surface area contributed by atoms with E-state index in [1.54, 1.807) is 4.90 Å². The number of carbonyl (C=O) groups is 2. The zero-order valence-electron chi connectivity index (χ0n) is 11.6. The first-order chi connectivity index (χ1) is 9.56. The predicted octanol–water partition coefficient (Wildman–Crippen LogP) is 0.748. The molecule has 0 bridgehead atoms. The molecular formula is C13H22N2O4S. The van der Waals surface area contributed by atoms with E-state index < -0.39 is 16.8 Å². The van der Waals surface area contributed by atoms with E-state index in [4.69, 9.17) is 5.11 Å². The van der Waals surface area contributed by atoms with Crippen LogP contribution in [-0.4, -0.2) is 68.8 Å². The maximum absolute atomic E-state index is 12.4. The van der Waals surface area contributed by atoms with Crippen molar-refractivity contribution >= 4 is 22.8 Å². The molecule has 1 N–H and O–H groups in total. The normalized spacial score (nSPS) is 24.7. The number of nitrogens with zero attached hydrogens (tertiary/aromatic N) is 2. The number of carboxylic acid groups (broad SMARTS) is 1. The lowest BCUT2D eigenvalue weighted by molar-refractivity contribution is -0.137. The molecule has 0 aliphatic carbocycles. The Bertz CT molecular complexity index is 392. The zero-order chi connectivity index (χ0) is 14.5. The topological polar surface area (TPSA) is 77.9 Å². The number of carboxylic acids is 1. The van der Waals surface area contributed by atoms with Gasteiger partial charge in [-0.2, -0.15) is 0 Å². The van der Waals surface area contributed by atoms with Crippen molar-refractivity contribution in [3.05, 3.63) is 0 Å². The lowest BCUT2D eigenvalue weighted by Crippen LogP contribution is -2.51. The van der Waals surface area contributed by atoms with E-state index >= 15 is 0 Å². The Morgan fingerprint density at radius 1 is 1.15 bits per heavy atom. The summed E-state index contributed by atoms with van der Waals surface area (Å²) in [5, 5.41) is 8.73. The summed E-state index contributed by atoms with van der Waals surface area (Å²) in [6, 6.07) is 0.0294. The average Bonchev–Trinajstić information content (AvgIpc) is 2.45. The van der Waals surface area contributed by atoms with Crippen LogP contribution in [0.2, 0.25) is 0 Å². The highest BCUT2D eigenvalue weighted by Gasteiger charge is 2.28. The van der Waals surface area contributed by atoms with E-state index in [1.165, 1.54) is 0 Å². The Morgan fingerprint density at radius 2 is 1.85 bits per heavy atom. The third-order valence-electron chi connectivity index (χ3n) is 4.00. The van der Waals surface area contributed by atoms with Crippen LogP contribution in [0.5, 0.6) is 0 Å². The van der Waals surface area contributed by atoms with Crippen molar-refractivity contribution in [1.82, 2.24) is 9.80 Å². The number of rotatable bonds is 3. The summed E-state index contributed by atoms with van der Waals surface area (Å²) in [5.74, 6) is 0.666. The lowest BCUT2D eigenvalue weighted by atomic mass is 9.93. The summed E-state index contributed by atoms with van der Waals surface area (Å²) in [5.41, 5.74) is 0.